The van der Waals surface area contributed by atoms with Crippen LogP contribution in [0.25, 0.3) is 0 Å². The Hall–Kier alpha value is -1.40. The molecule has 1 N–H and O–H groups in total. The molecule has 1 atom stereocenters. The van der Waals surface area contributed by atoms with Crippen LogP contribution in [0.2, 0.25) is 0 Å². The summed E-state index contributed by atoms with van der Waals surface area (Å²) in [4.78, 5) is 16.8. The Morgan fingerprint density at radius 2 is 2.13 bits per heavy atom. The average Bonchev–Trinajstić information content (AvgIpc) is 3.11. The van der Waals surface area contributed by atoms with E-state index in [9.17, 15) is 9.90 Å². The van der Waals surface area contributed by atoms with Gasteiger partial charge >= 0.3 is 0 Å². The van der Waals surface area contributed by atoms with Crippen LogP contribution in [0.1, 0.15) is 55.8 Å². The van der Waals surface area contributed by atoms with E-state index in [1.165, 1.54) is 12.8 Å². The van der Waals surface area contributed by atoms with E-state index in [1.54, 1.807) is 11.0 Å². The maximum atomic E-state index is 12.7. The van der Waals surface area contributed by atoms with Crippen molar-refractivity contribution in [1.29, 1.82) is 0 Å². The summed E-state index contributed by atoms with van der Waals surface area (Å²) in [5.41, 5.74) is 0.291. The lowest BCUT2D eigenvalue weighted by Gasteiger charge is -2.29. The second kappa shape index (κ2) is 6.61. The molecule has 2 aliphatic heterocycles. The molecule has 0 aromatic carbocycles. The van der Waals surface area contributed by atoms with Crippen LogP contribution in [-0.2, 0) is 6.54 Å². The zero-order valence-electron chi connectivity index (χ0n) is 14.1. The topological polar surface area (TPSA) is 69.8 Å². The summed E-state index contributed by atoms with van der Waals surface area (Å²) in [6.07, 6.45) is 3.45. The van der Waals surface area contributed by atoms with Crippen molar-refractivity contribution in [2.75, 3.05) is 26.2 Å². The molecule has 2 fully saturated rings. The number of rotatable bonds is 3. The molecule has 1 aromatic heterocycles. The van der Waals surface area contributed by atoms with Gasteiger partial charge in [0.25, 0.3) is 5.91 Å². The Kier molecular flexibility index (Phi) is 4.73. The Balaban J connectivity index is 1.66. The minimum Gasteiger partial charge on any atom is -0.393 e. The number of carbonyl (C=O) groups is 1. The SMILES string of the molecule is CC1(C)CC(O)CCN(C(=O)c2cc(CN3CCCC3)on2)C1. The first-order valence-electron chi connectivity index (χ1n) is 8.58. The van der Waals surface area contributed by atoms with Crippen LogP contribution in [-0.4, -0.2) is 58.3 Å². The van der Waals surface area contributed by atoms with Crippen molar-refractivity contribution < 1.29 is 14.4 Å². The Bertz CT molecular complexity index is 549. The highest BCUT2D eigenvalue weighted by atomic mass is 16.5. The van der Waals surface area contributed by atoms with Crippen molar-refractivity contribution in [1.82, 2.24) is 15.0 Å². The molecule has 1 unspecified atom stereocenters. The fourth-order valence-corrected chi connectivity index (χ4v) is 3.69. The van der Waals surface area contributed by atoms with Crippen molar-refractivity contribution in [3.8, 4) is 0 Å². The number of likely N-dealkylation sites (tertiary alicyclic amines) is 2. The Morgan fingerprint density at radius 3 is 2.87 bits per heavy atom. The van der Waals surface area contributed by atoms with E-state index in [0.717, 1.165) is 31.8 Å². The minimum atomic E-state index is -0.342. The van der Waals surface area contributed by atoms with E-state index < -0.39 is 0 Å². The van der Waals surface area contributed by atoms with E-state index >= 15 is 0 Å². The maximum Gasteiger partial charge on any atom is 0.276 e. The van der Waals surface area contributed by atoms with Crippen LogP contribution in [0.15, 0.2) is 10.6 Å². The number of hydrogen-bond donors (Lipinski definition) is 1. The van der Waals surface area contributed by atoms with Crippen LogP contribution in [0, 0.1) is 5.41 Å². The predicted octanol–water partition coefficient (Wildman–Crippen LogP) is 1.89. The molecular formula is C17H27N3O3. The molecule has 0 bridgehead atoms. The van der Waals surface area contributed by atoms with Gasteiger partial charge in [-0.3, -0.25) is 9.69 Å². The second-order valence-electron chi connectivity index (χ2n) is 7.70. The molecule has 1 amide bonds. The molecule has 128 valence electrons. The van der Waals surface area contributed by atoms with Crippen LogP contribution >= 0.6 is 0 Å². The number of hydrogen-bond acceptors (Lipinski definition) is 5. The molecule has 6 nitrogen and oxygen atoms in total. The Morgan fingerprint density at radius 1 is 1.39 bits per heavy atom. The third kappa shape index (κ3) is 4.12. The second-order valence-corrected chi connectivity index (χ2v) is 7.70. The largest absolute Gasteiger partial charge is 0.393 e. The van der Waals surface area contributed by atoms with Gasteiger partial charge in [-0.1, -0.05) is 19.0 Å². The quantitative estimate of drug-likeness (QED) is 0.921. The molecule has 0 radical (unpaired) electrons. The highest BCUT2D eigenvalue weighted by Gasteiger charge is 2.32. The summed E-state index contributed by atoms with van der Waals surface area (Å²) in [5, 5.41) is 14.0. The number of amides is 1. The summed E-state index contributed by atoms with van der Waals surface area (Å²) in [6.45, 7) is 8.27. The van der Waals surface area contributed by atoms with E-state index in [0.29, 0.717) is 25.2 Å². The average molecular weight is 321 g/mol. The first-order valence-corrected chi connectivity index (χ1v) is 8.58. The lowest BCUT2D eigenvalue weighted by Crippen LogP contribution is -2.37. The van der Waals surface area contributed by atoms with E-state index in [4.69, 9.17) is 4.52 Å². The van der Waals surface area contributed by atoms with Crippen LogP contribution in [0.4, 0.5) is 0 Å². The van der Waals surface area contributed by atoms with Gasteiger partial charge in [0.1, 0.15) is 0 Å². The molecule has 0 aliphatic carbocycles. The minimum absolute atomic E-state index is 0.0896. The standard InChI is InChI=1S/C17H27N3O3/c1-17(2)10-13(21)5-8-20(12-17)16(22)15-9-14(23-18-15)11-19-6-3-4-7-19/h9,13,21H,3-8,10-12H2,1-2H3. The molecule has 23 heavy (non-hydrogen) atoms. The van der Waals surface area contributed by atoms with E-state index in [2.05, 4.69) is 23.9 Å². The number of carbonyl (C=O) groups excluding carboxylic acids is 1. The summed E-state index contributed by atoms with van der Waals surface area (Å²) in [5.74, 6) is 0.660. The summed E-state index contributed by atoms with van der Waals surface area (Å²) >= 11 is 0. The molecule has 6 heteroatoms. The summed E-state index contributed by atoms with van der Waals surface area (Å²) < 4.78 is 5.35. The van der Waals surface area contributed by atoms with Crippen molar-refractivity contribution in [3.63, 3.8) is 0 Å². The molecule has 0 saturated carbocycles. The molecule has 3 heterocycles. The van der Waals surface area contributed by atoms with Gasteiger partial charge in [0.2, 0.25) is 0 Å². The van der Waals surface area contributed by atoms with Crippen molar-refractivity contribution >= 4 is 5.91 Å². The van der Waals surface area contributed by atoms with Gasteiger partial charge in [-0.2, -0.15) is 0 Å². The van der Waals surface area contributed by atoms with Gasteiger partial charge in [0, 0.05) is 19.2 Å². The van der Waals surface area contributed by atoms with Gasteiger partial charge in [-0.05, 0) is 44.2 Å². The lowest BCUT2D eigenvalue weighted by molar-refractivity contribution is 0.0694. The van der Waals surface area contributed by atoms with Crippen LogP contribution < -0.4 is 0 Å². The number of aromatic nitrogens is 1. The first kappa shape index (κ1) is 16.5. The molecule has 0 spiro atoms. The van der Waals surface area contributed by atoms with Crippen molar-refractivity contribution in [3.05, 3.63) is 17.5 Å². The molecule has 1 aromatic rings. The number of nitrogens with zero attached hydrogens (tertiary/aromatic N) is 3. The van der Waals surface area contributed by atoms with Gasteiger partial charge < -0.3 is 14.5 Å². The van der Waals surface area contributed by atoms with Crippen molar-refractivity contribution in [2.45, 2.75) is 52.2 Å². The molecule has 2 aliphatic rings. The van der Waals surface area contributed by atoms with E-state index in [1.807, 2.05) is 0 Å². The van der Waals surface area contributed by atoms with Gasteiger partial charge in [-0.25, -0.2) is 0 Å². The van der Waals surface area contributed by atoms with Crippen molar-refractivity contribution in [2.24, 2.45) is 5.41 Å². The fourth-order valence-electron chi connectivity index (χ4n) is 3.69. The molecule has 2 saturated heterocycles. The monoisotopic (exact) mass is 321 g/mol. The number of aliphatic hydroxyl groups is 1. The van der Waals surface area contributed by atoms with E-state index in [-0.39, 0.29) is 17.4 Å². The fraction of sp³-hybridized carbons (Fsp3) is 0.765. The highest BCUT2D eigenvalue weighted by molar-refractivity contribution is 5.92. The zero-order chi connectivity index (χ0) is 16.4. The number of aliphatic hydroxyl groups excluding tert-OH is 1. The third-order valence-corrected chi connectivity index (χ3v) is 4.78. The Labute approximate surface area is 137 Å². The normalized spacial score (nSPS) is 25.5. The van der Waals surface area contributed by atoms with Gasteiger partial charge in [0.15, 0.2) is 11.5 Å². The van der Waals surface area contributed by atoms with Gasteiger partial charge in [0.05, 0.1) is 12.6 Å². The summed E-state index contributed by atoms with van der Waals surface area (Å²) in [7, 11) is 0. The maximum absolute atomic E-state index is 12.7. The van der Waals surface area contributed by atoms with Crippen LogP contribution in [0.5, 0.6) is 0 Å². The molecular weight excluding hydrogens is 294 g/mol. The molecule has 3 rings (SSSR count). The smallest absolute Gasteiger partial charge is 0.276 e. The lowest BCUT2D eigenvalue weighted by atomic mass is 9.87. The highest BCUT2D eigenvalue weighted by Crippen LogP contribution is 2.29. The first-order chi connectivity index (χ1) is 10.9. The summed E-state index contributed by atoms with van der Waals surface area (Å²) in [6, 6.07) is 1.77. The van der Waals surface area contributed by atoms with Gasteiger partial charge in [-0.15, -0.1) is 0 Å². The van der Waals surface area contributed by atoms with Crippen LogP contribution in [0.3, 0.4) is 0 Å². The zero-order valence-corrected chi connectivity index (χ0v) is 14.1. The third-order valence-electron chi connectivity index (χ3n) is 4.78. The predicted molar refractivity (Wildman–Crippen MR) is 85.9 cm³/mol.